The largest absolute Gasteiger partial charge is 0.342 e. The Bertz CT molecular complexity index is 777. The number of amides is 1. The minimum atomic E-state index is -3.54. The molecule has 0 aliphatic carbocycles. The van der Waals surface area contributed by atoms with Crippen molar-refractivity contribution in [3.8, 4) is 0 Å². The smallest absolute Gasteiger partial charge is 0.227 e. The minimum Gasteiger partial charge on any atom is -0.342 e. The van der Waals surface area contributed by atoms with Crippen molar-refractivity contribution in [2.24, 2.45) is 5.92 Å². The Kier molecular flexibility index (Phi) is 7.06. The Morgan fingerprint density at radius 3 is 2.41 bits per heavy atom. The molecule has 2 aliphatic heterocycles. The molecule has 2 heterocycles. The van der Waals surface area contributed by atoms with Gasteiger partial charge in [0, 0.05) is 36.2 Å². The van der Waals surface area contributed by atoms with E-state index in [0.717, 1.165) is 45.2 Å². The number of carbonyl (C=O) groups excluding carboxylic acids is 1. The van der Waals surface area contributed by atoms with E-state index in [-0.39, 0.29) is 24.1 Å². The Morgan fingerprint density at radius 1 is 1.04 bits per heavy atom. The molecule has 0 bridgehead atoms. The van der Waals surface area contributed by atoms with Crippen LogP contribution < -0.4 is 0 Å². The molecule has 150 valence electrons. The van der Waals surface area contributed by atoms with Gasteiger partial charge in [-0.2, -0.15) is 0 Å². The summed E-state index contributed by atoms with van der Waals surface area (Å²) >= 11 is 12.0. The van der Waals surface area contributed by atoms with Gasteiger partial charge in [-0.3, -0.25) is 4.79 Å². The number of sulfonamides is 1. The molecule has 0 aromatic heterocycles. The van der Waals surface area contributed by atoms with Crippen LogP contribution in [-0.2, 0) is 20.6 Å². The number of nitrogens with zero attached hydrogens (tertiary/aromatic N) is 2. The van der Waals surface area contributed by atoms with Crippen molar-refractivity contribution in [3.05, 3.63) is 33.8 Å². The van der Waals surface area contributed by atoms with Crippen molar-refractivity contribution in [2.75, 3.05) is 26.2 Å². The highest BCUT2D eigenvalue weighted by atomic mass is 35.5. The van der Waals surface area contributed by atoms with Crippen LogP contribution in [0.5, 0.6) is 0 Å². The predicted molar refractivity (Wildman–Crippen MR) is 108 cm³/mol. The number of hydrogen-bond acceptors (Lipinski definition) is 3. The monoisotopic (exact) mass is 432 g/mol. The van der Waals surface area contributed by atoms with Crippen LogP contribution in [0.25, 0.3) is 0 Å². The summed E-state index contributed by atoms with van der Waals surface area (Å²) in [5.74, 6) is -0.304. The van der Waals surface area contributed by atoms with Gasteiger partial charge in [0.15, 0.2) is 0 Å². The second-order valence-corrected chi connectivity index (χ2v) is 10.2. The number of halogens is 2. The second kappa shape index (κ2) is 9.12. The van der Waals surface area contributed by atoms with E-state index in [0.29, 0.717) is 28.6 Å². The summed E-state index contributed by atoms with van der Waals surface area (Å²) in [6.45, 7) is 2.31. The highest BCUT2D eigenvalue weighted by Crippen LogP contribution is 2.27. The summed E-state index contributed by atoms with van der Waals surface area (Å²) in [6, 6.07) is 4.84. The van der Waals surface area contributed by atoms with E-state index in [9.17, 15) is 13.2 Å². The van der Waals surface area contributed by atoms with E-state index < -0.39 is 10.0 Å². The fourth-order valence-electron chi connectivity index (χ4n) is 3.87. The van der Waals surface area contributed by atoms with Gasteiger partial charge in [-0.05, 0) is 43.4 Å². The molecular formula is C19H26Cl2N2O3S. The normalized spacial score (nSPS) is 22.4. The molecular weight excluding hydrogens is 407 g/mol. The zero-order valence-corrected chi connectivity index (χ0v) is 17.7. The van der Waals surface area contributed by atoms with E-state index in [1.807, 2.05) is 4.90 Å². The van der Waals surface area contributed by atoms with E-state index in [1.54, 1.807) is 18.2 Å². The zero-order chi connectivity index (χ0) is 19.4. The van der Waals surface area contributed by atoms with Crippen molar-refractivity contribution < 1.29 is 13.2 Å². The van der Waals surface area contributed by atoms with Gasteiger partial charge in [0.05, 0.1) is 11.7 Å². The van der Waals surface area contributed by atoms with Gasteiger partial charge in [-0.15, -0.1) is 0 Å². The van der Waals surface area contributed by atoms with Gasteiger partial charge in [0.25, 0.3) is 0 Å². The molecule has 1 amide bonds. The SMILES string of the molecule is O=C([C@@H]1CCCN(S(=O)(=O)Cc2ccc(Cl)cc2Cl)C1)N1CCCCCC1. The van der Waals surface area contributed by atoms with Crippen LogP contribution in [0.2, 0.25) is 10.0 Å². The third-order valence-electron chi connectivity index (χ3n) is 5.40. The summed E-state index contributed by atoms with van der Waals surface area (Å²) in [5.41, 5.74) is 0.530. The average Bonchev–Trinajstić information content (AvgIpc) is 2.93. The molecule has 8 heteroatoms. The van der Waals surface area contributed by atoms with Gasteiger partial charge in [0.2, 0.25) is 15.9 Å². The van der Waals surface area contributed by atoms with Gasteiger partial charge < -0.3 is 4.90 Å². The maximum absolute atomic E-state index is 12.9. The Labute approximate surface area is 171 Å². The zero-order valence-electron chi connectivity index (χ0n) is 15.4. The molecule has 2 fully saturated rings. The number of hydrogen-bond donors (Lipinski definition) is 0. The van der Waals surface area contributed by atoms with Crippen LogP contribution in [0, 0.1) is 5.92 Å². The van der Waals surface area contributed by atoms with Gasteiger partial charge in [-0.1, -0.05) is 42.1 Å². The van der Waals surface area contributed by atoms with E-state index >= 15 is 0 Å². The van der Waals surface area contributed by atoms with E-state index in [4.69, 9.17) is 23.2 Å². The maximum Gasteiger partial charge on any atom is 0.227 e. The number of likely N-dealkylation sites (tertiary alicyclic amines) is 1. The number of rotatable bonds is 4. The van der Waals surface area contributed by atoms with E-state index in [2.05, 4.69) is 0 Å². The number of carbonyl (C=O) groups is 1. The average molecular weight is 433 g/mol. The first-order valence-corrected chi connectivity index (χ1v) is 11.9. The molecule has 1 aromatic carbocycles. The van der Waals surface area contributed by atoms with Crippen molar-refractivity contribution in [1.29, 1.82) is 0 Å². The van der Waals surface area contributed by atoms with Gasteiger partial charge >= 0.3 is 0 Å². The highest BCUT2D eigenvalue weighted by Gasteiger charge is 2.34. The molecule has 0 radical (unpaired) electrons. The van der Waals surface area contributed by atoms with Crippen LogP contribution in [0.4, 0.5) is 0 Å². The molecule has 2 saturated heterocycles. The van der Waals surface area contributed by atoms with Crippen molar-refractivity contribution in [3.63, 3.8) is 0 Å². The Balaban J connectivity index is 1.68. The molecule has 3 rings (SSSR count). The molecule has 1 atom stereocenters. The lowest BCUT2D eigenvalue weighted by molar-refractivity contribution is -0.136. The number of benzene rings is 1. The Morgan fingerprint density at radius 2 is 1.74 bits per heavy atom. The van der Waals surface area contributed by atoms with Crippen LogP contribution in [0.3, 0.4) is 0 Å². The Hall–Kier alpha value is -0.820. The van der Waals surface area contributed by atoms with Crippen LogP contribution in [0.15, 0.2) is 18.2 Å². The first-order chi connectivity index (χ1) is 12.9. The van der Waals surface area contributed by atoms with Gasteiger partial charge in [0.1, 0.15) is 0 Å². The summed E-state index contributed by atoms with van der Waals surface area (Å²) in [7, 11) is -3.54. The molecule has 0 unspecified atom stereocenters. The molecule has 27 heavy (non-hydrogen) atoms. The fourth-order valence-corrected chi connectivity index (χ4v) is 6.07. The van der Waals surface area contributed by atoms with Crippen LogP contribution in [-0.4, -0.2) is 49.7 Å². The summed E-state index contributed by atoms with van der Waals surface area (Å²) in [6.07, 6.45) is 5.86. The molecule has 2 aliphatic rings. The third-order valence-corrected chi connectivity index (χ3v) is 7.78. The third kappa shape index (κ3) is 5.37. The van der Waals surface area contributed by atoms with Crippen LogP contribution >= 0.6 is 23.2 Å². The fraction of sp³-hybridized carbons (Fsp3) is 0.632. The molecule has 0 saturated carbocycles. The first-order valence-electron chi connectivity index (χ1n) is 9.57. The topological polar surface area (TPSA) is 57.7 Å². The second-order valence-electron chi connectivity index (χ2n) is 7.43. The first kappa shape index (κ1) is 20.9. The van der Waals surface area contributed by atoms with Crippen molar-refractivity contribution in [1.82, 2.24) is 9.21 Å². The quantitative estimate of drug-likeness (QED) is 0.723. The molecule has 1 aromatic rings. The number of piperidine rings is 1. The van der Waals surface area contributed by atoms with Gasteiger partial charge in [-0.25, -0.2) is 12.7 Å². The highest BCUT2D eigenvalue weighted by molar-refractivity contribution is 7.88. The summed E-state index contributed by atoms with van der Waals surface area (Å²) < 4.78 is 27.3. The molecule has 0 N–H and O–H groups in total. The lowest BCUT2D eigenvalue weighted by Crippen LogP contribution is -2.47. The molecule has 5 nitrogen and oxygen atoms in total. The summed E-state index contributed by atoms with van der Waals surface area (Å²) in [4.78, 5) is 14.8. The van der Waals surface area contributed by atoms with E-state index in [1.165, 1.54) is 4.31 Å². The summed E-state index contributed by atoms with van der Waals surface area (Å²) in [5, 5.41) is 0.822. The lowest BCUT2D eigenvalue weighted by Gasteiger charge is -2.34. The van der Waals surface area contributed by atoms with Crippen molar-refractivity contribution >= 4 is 39.1 Å². The maximum atomic E-state index is 12.9. The lowest BCUT2D eigenvalue weighted by atomic mass is 9.98. The van der Waals surface area contributed by atoms with Crippen LogP contribution in [0.1, 0.15) is 44.1 Å². The standard InChI is InChI=1S/C19H26Cl2N2O3S/c20-17-8-7-16(18(21)12-17)14-27(25,26)23-11-5-6-15(13-23)19(24)22-9-3-1-2-4-10-22/h7-8,12,15H,1-6,9-11,13-14H2/t15-/m1/s1. The van der Waals surface area contributed by atoms with Crippen molar-refractivity contribution in [2.45, 2.75) is 44.3 Å². The predicted octanol–water partition coefficient (Wildman–Crippen LogP) is 3.94. The molecule has 0 spiro atoms. The minimum absolute atomic E-state index is 0.112.